The van der Waals surface area contributed by atoms with E-state index in [9.17, 15) is 17.7 Å². The fourth-order valence-corrected chi connectivity index (χ4v) is 1.78. The zero-order valence-corrected chi connectivity index (χ0v) is 11.0. The summed E-state index contributed by atoms with van der Waals surface area (Å²) in [5.74, 6) is 0. The van der Waals surface area contributed by atoms with Gasteiger partial charge in [-0.05, 0) is 33.6 Å². The van der Waals surface area contributed by atoms with Crippen molar-refractivity contribution in [2.45, 2.75) is 56.7 Å². The maximum absolute atomic E-state index is 12.7. The lowest BCUT2D eigenvalue weighted by molar-refractivity contribution is -0.164. The predicted octanol–water partition coefficient (Wildman–Crippen LogP) is 2.15. The molecule has 0 amide bonds. The average molecular weight is 273 g/mol. The van der Waals surface area contributed by atoms with Crippen LogP contribution in [-0.4, -0.2) is 34.2 Å². The van der Waals surface area contributed by atoms with Crippen LogP contribution >= 0.6 is 0 Å². The number of hydrogen-bond acceptors (Lipinski definition) is 3. The molecule has 0 aromatic heterocycles. The van der Waals surface area contributed by atoms with Crippen LogP contribution in [0.4, 0.5) is 13.2 Å². The van der Waals surface area contributed by atoms with Gasteiger partial charge in [0.15, 0.2) is 6.04 Å². The van der Waals surface area contributed by atoms with Crippen molar-refractivity contribution in [1.29, 1.82) is 0 Å². The smallest absolute Gasteiger partial charge is 0.410 e. The first kappa shape index (κ1) is 15.1. The number of ether oxygens (including phenoxy) is 1. The molecule has 0 bridgehead atoms. The molecule has 2 atom stereocenters. The van der Waals surface area contributed by atoms with Crippen molar-refractivity contribution in [2.24, 2.45) is 0 Å². The summed E-state index contributed by atoms with van der Waals surface area (Å²) in [5.41, 5.74) is 0. The predicted molar refractivity (Wildman–Crippen MR) is 59.8 cm³/mol. The van der Waals surface area contributed by atoms with E-state index >= 15 is 0 Å². The zero-order chi connectivity index (χ0) is 13.3. The van der Waals surface area contributed by atoms with Gasteiger partial charge in [-0.3, -0.25) is 0 Å². The van der Waals surface area contributed by atoms with E-state index in [0.717, 1.165) is 12.8 Å². The van der Waals surface area contributed by atoms with E-state index in [4.69, 9.17) is 4.74 Å². The van der Waals surface area contributed by atoms with E-state index in [2.05, 4.69) is 4.72 Å². The van der Waals surface area contributed by atoms with Crippen LogP contribution in [0.15, 0.2) is 0 Å². The molecule has 0 aliphatic heterocycles. The van der Waals surface area contributed by atoms with Gasteiger partial charge in [0, 0.05) is 11.4 Å². The first-order valence-electron chi connectivity index (χ1n) is 5.47. The number of alkyl halides is 3. The van der Waals surface area contributed by atoms with Crippen molar-refractivity contribution in [3.8, 4) is 0 Å². The molecule has 1 rings (SSSR count). The molecule has 1 fully saturated rings. The highest BCUT2D eigenvalue weighted by molar-refractivity contribution is 7.90. The average Bonchev–Trinajstić information content (AvgIpc) is 2.91. The van der Waals surface area contributed by atoms with Gasteiger partial charge in [-0.1, -0.05) is 0 Å². The molecule has 3 nitrogen and oxygen atoms in total. The van der Waals surface area contributed by atoms with Crippen LogP contribution in [0.3, 0.4) is 0 Å². The van der Waals surface area contributed by atoms with Gasteiger partial charge in [0.1, 0.15) is 4.75 Å². The Morgan fingerprint density at radius 1 is 1.35 bits per heavy atom. The first-order valence-corrected chi connectivity index (χ1v) is 6.62. The molecule has 17 heavy (non-hydrogen) atoms. The topological polar surface area (TPSA) is 44.3 Å². The van der Waals surface area contributed by atoms with Crippen molar-refractivity contribution in [2.75, 3.05) is 6.61 Å². The first-order chi connectivity index (χ1) is 7.60. The molecule has 1 N–H and O–H groups in total. The minimum Gasteiger partial charge on any atom is -0.598 e. The van der Waals surface area contributed by atoms with Crippen molar-refractivity contribution in [3.63, 3.8) is 0 Å². The van der Waals surface area contributed by atoms with Crippen molar-refractivity contribution >= 4 is 11.4 Å². The summed E-state index contributed by atoms with van der Waals surface area (Å²) in [6.07, 6.45) is -2.87. The summed E-state index contributed by atoms with van der Waals surface area (Å²) in [7, 11) is 0. The highest BCUT2D eigenvalue weighted by atomic mass is 32.2. The van der Waals surface area contributed by atoms with Crippen LogP contribution in [0.1, 0.15) is 33.6 Å². The van der Waals surface area contributed by atoms with E-state index < -0.39 is 34.9 Å². The summed E-state index contributed by atoms with van der Waals surface area (Å²) in [6.45, 7) is 4.37. The third-order valence-electron chi connectivity index (χ3n) is 2.22. The molecule has 0 radical (unpaired) electrons. The Balaban J connectivity index is 2.50. The molecular formula is C10H18F3NO2S. The Labute approximate surface area is 102 Å². The summed E-state index contributed by atoms with van der Waals surface area (Å²) < 4.78 is 56.0. The molecule has 0 aromatic rings. The number of nitrogens with one attached hydrogen (secondary N) is 1. The fraction of sp³-hybridized carbons (Fsp3) is 1.00. The maximum Gasteiger partial charge on any atom is 0.410 e. The van der Waals surface area contributed by atoms with Crippen molar-refractivity contribution < 1.29 is 22.5 Å². The monoisotopic (exact) mass is 273 g/mol. The van der Waals surface area contributed by atoms with Crippen molar-refractivity contribution in [3.05, 3.63) is 0 Å². The van der Waals surface area contributed by atoms with Gasteiger partial charge in [-0.25, -0.2) is 0 Å². The third kappa shape index (κ3) is 5.46. The molecule has 1 aliphatic carbocycles. The van der Waals surface area contributed by atoms with Gasteiger partial charge < -0.3 is 9.29 Å². The van der Waals surface area contributed by atoms with Gasteiger partial charge in [0.25, 0.3) is 0 Å². The molecule has 0 aromatic carbocycles. The summed E-state index contributed by atoms with van der Waals surface area (Å²) in [4.78, 5) is 0. The van der Waals surface area contributed by atoms with E-state index in [0.29, 0.717) is 0 Å². The van der Waals surface area contributed by atoms with Gasteiger partial charge in [-0.2, -0.15) is 13.2 Å². The highest BCUT2D eigenvalue weighted by Gasteiger charge is 2.45. The molecule has 0 saturated heterocycles. The Morgan fingerprint density at radius 3 is 2.24 bits per heavy atom. The maximum atomic E-state index is 12.7. The van der Waals surface area contributed by atoms with Gasteiger partial charge in [0.2, 0.25) is 0 Å². The molecule has 0 heterocycles. The molecule has 0 spiro atoms. The molecule has 1 saturated carbocycles. The molecule has 102 valence electrons. The lowest BCUT2D eigenvalue weighted by Gasteiger charge is -2.28. The standard InChI is InChI=1S/C10H18F3NO2S/c1-9(2,3)17(15)14-8(10(11,12)13)6-16-7-4-5-7/h7-8,14H,4-6H2,1-3H3. The van der Waals surface area contributed by atoms with Crippen LogP contribution in [-0.2, 0) is 16.1 Å². The SMILES string of the molecule is CC(C)(C)[S+]([O-])NC(COC1CC1)C(F)(F)F. The van der Waals surface area contributed by atoms with E-state index in [1.54, 1.807) is 20.8 Å². The van der Waals surface area contributed by atoms with Crippen LogP contribution in [0.2, 0.25) is 0 Å². The normalized spacial score (nSPS) is 21.4. The Bertz CT molecular complexity index is 251. The Kier molecular flexibility index (Phi) is 4.73. The van der Waals surface area contributed by atoms with Crippen LogP contribution < -0.4 is 4.72 Å². The zero-order valence-electron chi connectivity index (χ0n) is 10.1. The molecule has 7 heteroatoms. The molecule has 1 aliphatic rings. The van der Waals surface area contributed by atoms with Crippen LogP contribution in [0, 0.1) is 0 Å². The fourth-order valence-electron chi connectivity index (χ4n) is 0.968. The van der Waals surface area contributed by atoms with Crippen LogP contribution in [0.25, 0.3) is 0 Å². The third-order valence-corrected chi connectivity index (χ3v) is 3.83. The number of halogens is 3. The van der Waals surface area contributed by atoms with Gasteiger partial charge in [-0.15, -0.1) is 4.72 Å². The van der Waals surface area contributed by atoms with Crippen molar-refractivity contribution in [1.82, 2.24) is 4.72 Å². The quantitative estimate of drug-likeness (QED) is 0.781. The number of rotatable bonds is 5. The Hall–Kier alpha value is 0.0200. The summed E-state index contributed by atoms with van der Waals surface area (Å²) >= 11 is -1.76. The minimum atomic E-state index is -4.45. The van der Waals surface area contributed by atoms with E-state index in [-0.39, 0.29) is 6.10 Å². The summed E-state index contributed by atoms with van der Waals surface area (Å²) in [5, 5.41) is 0. The lowest BCUT2D eigenvalue weighted by atomic mass is 10.3. The second kappa shape index (κ2) is 5.34. The second-order valence-corrected chi connectivity index (χ2v) is 7.12. The lowest BCUT2D eigenvalue weighted by Crippen LogP contribution is -2.52. The number of hydrogen-bond donors (Lipinski definition) is 1. The minimum absolute atomic E-state index is 0.0512. The van der Waals surface area contributed by atoms with Gasteiger partial charge >= 0.3 is 6.18 Å². The largest absolute Gasteiger partial charge is 0.598 e. The molecule has 2 unspecified atom stereocenters. The highest BCUT2D eigenvalue weighted by Crippen LogP contribution is 2.28. The second-order valence-electron chi connectivity index (χ2n) is 5.13. The van der Waals surface area contributed by atoms with Gasteiger partial charge in [0.05, 0.1) is 12.7 Å². The Morgan fingerprint density at radius 2 is 1.88 bits per heavy atom. The molecular weight excluding hydrogens is 255 g/mol. The summed E-state index contributed by atoms with van der Waals surface area (Å²) in [6, 6.07) is -1.87. The van der Waals surface area contributed by atoms with E-state index in [1.807, 2.05) is 0 Å². The van der Waals surface area contributed by atoms with Crippen LogP contribution in [0.5, 0.6) is 0 Å². The van der Waals surface area contributed by atoms with E-state index in [1.165, 1.54) is 0 Å².